The molecule has 1 N–H and O–H groups in total. The Morgan fingerprint density at radius 1 is 1.53 bits per heavy atom. The standard InChI is InChI=1S/C13H21BrN2O/c1-9-6-12(15-8-11(9)14)16-10(2)7-13(3,4)17-5/h6,8,10H,7H2,1-5H3,(H,15,16). The van der Waals surface area contributed by atoms with Crippen molar-refractivity contribution in [2.75, 3.05) is 12.4 Å². The minimum Gasteiger partial charge on any atom is -0.379 e. The number of pyridine rings is 1. The zero-order valence-corrected chi connectivity index (χ0v) is 12.8. The molecule has 96 valence electrons. The minimum atomic E-state index is -0.114. The molecule has 1 aromatic rings. The van der Waals surface area contributed by atoms with Crippen molar-refractivity contribution < 1.29 is 4.74 Å². The van der Waals surface area contributed by atoms with E-state index in [1.165, 1.54) is 5.56 Å². The van der Waals surface area contributed by atoms with E-state index >= 15 is 0 Å². The molecule has 0 saturated heterocycles. The van der Waals surface area contributed by atoms with E-state index in [0.29, 0.717) is 6.04 Å². The zero-order chi connectivity index (χ0) is 13.1. The fourth-order valence-corrected chi connectivity index (χ4v) is 1.96. The third-order valence-electron chi connectivity index (χ3n) is 2.79. The lowest BCUT2D eigenvalue weighted by atomic mass is 10.00. The fraction of sp³-hybridized carbons (Fsp3) is 0.615. The van der Waals surface area contributed by atoms with Gasteiger partial charge in [-0.25, -0.2) is 4.98 Å². The molecule has 0 fully saturated rings. The maximum atomic E-state index is 5.42. The predicted octanol–water partition coefficient (Wildman–Crippen LogP) is 3.77. The van der Waals surface area contributed by atoms with Gasteiger partial charge in [0.15, 0.2) is 0 Å². The largest absolute Gasteiger partial charge is 0.379 e. The van der Waals surface area contributed by atoms with Gasteiger partial charge in [0.25, 0.3) is 0 Å². The van der Waals surface area contributed by atoms with E-state index in [1.54, 1.807) is 7.11 Å². The van der Waals surface area contributed by atoms with Crippen molar-refractivity contribution in [3.63, 3.8) is 0 Å². The Morgan fingerprint density at radius 3 is 2.71 bits per heavy atom. The highest BCUT2D eigenvalue weighted by Crippen LogP contribution is 2.20. The van der Waals surface area contributed by atoms with E-state index in [-0.39, 0.29) is 5.60 Å². The number of anilines is 1. The molecule has 0 bridgehead atoms. The molecule has 0 spiro atoms. The summed E-state index contributed by atoms with van der Waals surface area (Å²) in [5.41, 5.74) is 1.07. The van der Waals surface area contributed by atoms with Crippen LogP contribution in [0.3, 0.4) is 0 Å². The Hall–Kier alpha value is -0.610. The van der Waals surface area contributed by atoms with Crippen LogP contribution in [0, 0.1) is 6.92 Å². The second-order valence-corrected chi connectivity index (χ2v) is 5.89. The quantitative estimate of drug-likeness (QED) is 0.899. The van der Waals surface area contributed by atoms with Crippen LogP contribution in [0.1, 0.15) is 32.8 Å². The smallest absolute Gasteiger partial charge is 0.126 e. The van der Waals surface area contributed by atoms with Gasteiger partial charge in [0.2, 0.25) is 0 Å². The van der Waals surface area contributed by atoms with Crippen molar-refractivity contribution in [2.24, 2.45) is 0 Å². The van der Waals surface area contributed by atoms with Crippen molar-refractivity contribution >= 4 is 21.7 Å². The van der Waals surface area contributed by atoms with Gasteiger partial charge >= 0.3 is 0 Å². The molecule has 1 unspecified atom stereocenters. The van der Waals surface area contributed by atoms with Gasteiger partial charge in [-0.1, -0.05) is 0 Å². The van der Waals surface area contributed by atoms with Crippen molar-refractivity contribution in [2.45, 2.75) is 45.8 Å². The Bertz CT molecular complexity index is 380. The molecular formula is C13H21BrN2O. The molecule has 0 radical (unpaired) electrons. The monoisotopic (exact) mass is 300 g/mol. The summed E-state index contributed by atoms with van der Waals surface area (Å²) in [4.78, 5) is 4.34. The van der Waals surface area contributed by atoms with E-state index in [0.717, 1.165) is 16.7 Å². The van der Waals surface area contributed by atoms with Crippen LogP contribution in [0.2, 0.25) is 0 Å². The van der Waals surface area contributed by atoms with Crippen LogP contribution in [0.5, 0.6) is 0 Å². The molecule has 1 aromatic heterocycles. The van der Waals surface area contributed by atoms with Crippen LogP contribution in [0.15, 0.2) is 16.7 Å². The summed E-state index contributed by atoms with van der Waals surface area (Å²) in [5, 5.41) is 3.39. The van der Waals surface area contributed by atoms with Crippen molar-refractivity contribution in [1.82, 2.24) is 4.98 Å². The number of hydrogen-bond acceptors (Lipinski definition) is 3. The van der Waals surface area contributed by atoms with E-state index in [9.17, 15) is 0 Å². The summed E-state index contributed by atoms with van der Waals surface area (Å²) in [5.74, 6) is 0.908. The van der Waals surface area contributed by atoms with Gasteiger partial charge in [-0.05, 0) is 61.7 Å². The average molecular weight is 301 g/mol. The van der Waals surface area contributed by atoms with Gasteiger partial charge in [-0.2, -0.15) is 0 Å². The summed E-state index contributed by atoms with van der Waals surface area (Å²) >= 11 is 3.45. The van der Waals surface area contributed by atoms with Gasteiger partial charge in [-0.15, -0.1) is 0 Å². The lowest BCUT2D eigenvalue weighted by Gasteiger charge is -2.27. The Morgan fingerprint density at radius 2 is 2.18 bits per heavy atom. The molecule has 1 atom stereocenters. The number of aromatic nitrogens is 1. The molecule has 0 saturated carbocycles. The second-order valence-electron chi connectivity index (χ2n) is 5.03. The van der Waals surface area contributed by atoms with Crippen LogP contribution in [-0.4, -0.2) is 23.7 Å². The third kappa shape index (κ3) is 4.64. The highest BCUT2D eigenvalue weighted by molar-refractivity contribution is 9.10. The zero-order valence-electron chi connectivity index (χ0n) is 11.2. The second kappa shape index (κ2) is 5.83. The van der Waals surface area contributed by atoms with Gasteiger partial charge in [0.05, 0.1) is 5.60 Å². The molecule has 0 amide bonds. The number of methoxy groups -OCH3 is 1. The summed E-state index contributed by atoms with van der Waals surface area (Å²) in [7, 11) is 1.74. The number of rotatable bonds is 5. The van der Waals surface area contributed by atoms with Crippen LogP contribution < -0.4 is 5.32 Å². The molecule has 3 nitrogen and oxygen atoms in total. The first-order chi connectivity index (χ1) is 7.84. The minimum absolute atomic E-state index is 0.114. The highest BCUT2D eigenvalue weighted by atomic mass is 79.9. The maximum absolute atomic E-state index is 5.42. The normalized spacial score (nSPS) is 13.5. The first-order valence-electron chi connectivity index (χ1n) is 5.78. The Kier molecular flexibility index (Phi) is 4.95. The van der Waals surface area contributed by atoms with E-state index in [2.05, 4.69) is 53.9 Å². The Balaban J connectivity index is 2.62. The van der Waals surface area contributed by atoms with Gasteiger partial charge in [0, 0.05) is 23.8 Å². The van der Waals surface area contributed by atoms with Crippen LogP contribution >= 0.6 is 15.9 Å². The molecule has 4 heteroatoms. The molecule has 17 heavy (non-hydrogen) atoms. The molecular weight excluding hydrogens is 280 g/mol. The first kappa shape index (κ1) is 14.5. The number of halogens is 1. The van der Waals surface area contributed by atoms with Crippen molar-refractivity contribution in [3.05, 3.63) is 22.3 Å². The van der Waals surface area contributed by atoms with Gasteiger partial charge in [0.1, 0.15) is 5.82 Å². The lowest BCUT2D eigenvalue weighted by Crippen LogP contribution is -2.31. The molecule has 0 aliphatic heterocycles. The van der Waals surface area contributed by atoms with Crippen molar-refractivity contribution in [1.29, 1.82) is 0 Å². The summed E-state index contributed by atoms with van der Waals surface area (Å²) in [6.45, 7) is 8.37. The molecule has 1 rings (SSSR count). The fourth-order valence-electron chi connectivity index (χ4n) is 1.74. The summed E-state index contributed by atoms with van der Waals surface area (Å²) in [6.07, 6.45) is 2.76. The maximum Gasteiger partial charge on any atom is 0.126 e. The third-order valence-corrected chi connectivity index (χ3v) is 3.62. The molecule has 0 aliphatic carbocycles. The highest BCUT2D eigenvalue weighted by Gasteiger charge is 2.20. The number of nitrogens with one attached hydrogen (secondary N) is 1. The molecule has 0 aliphatic rings. The number of ether oxygens (including phenoxy) is 1. The Labute approximate surface area is 112 Å². The van der Waals surface area contributed by atoms with E-state index < -0.39 is 0 Å². The average Bonchev–Trinajstić information content (AvgIpc) is 2.23. The number of nitrogens with zero attached hydrogens (tertiary/aromatic N) is 1. The number of aryl methyl sites for hydroxylation is 1. The summed E-state index contributed by atoms with van der Waals surface area (Å²) < 4.78 is 6.46. The topological polar surface area (TPSA) is 34.1 Å². The molecule has 1 heterocycles. The lowest BCUT2D eigenvalue weighted by molar-refractivity contribution is 0.0128. The van der Waals surface area contributed by atoms with Crippen LogP contribution in [-0.2, 0) is 4.74 Å². The van der Waals surface area contributed by atoms with Gasteiger partial charge < -0.3 is 10.1 Å². The van der Waals surface area contributed by atoms with Crippen LogP contribution in [0.25, 0.3) is 0 Å². The van der Waals surface area contributed by atoms with E-state index in [1.807, 2.05) is 12.3 Å². The molecule has 0 aromatic carbocycles. The predicted molar refractivity (Wildman–Crippen MR) is 75.5 cm³/mol. The van der Waals surface area contributed by atoms with Crippen LogP contribution in [0.4, 0.5) is 5.82 Å². The SMILES string of the molecule is COC(C)(C)CC(C)Nc1cc(C)c(Br)cn1. The van der Waals surface area contributed by atoms with Gasteiger partial charge in [-0.3, -0.25) is 0 Å². The first-order valence-corrected chi connectivity index (χ1v) is 6.57. The number of hydrogen-bond donors (Lipinski definition) is 1. The van der Waals surface area contributed by atoms with E-state index in [4.69, 9.17) is 4.74 Å². The van der Waals surface area contributed by atoms with Crippen molar-refractivity contribution in [3.8, 4) is 0 Å². The summed E-state index contributed by atoms with van der Waals surface area (Å²) in [6, 6.07) is 2.36.